The zero-order valence-electron chi connectivity index (χ0n) is 12.5. The summed E-state index contributed by atoms with van der Waals surface area (Å²) in [5.74, 6) is -0.221. The number of carbonyl (C=O) groups is 1. The number of nitro benzene ring substituents is 1. The average molecular weight is 331 g/mol. The van der Waals surface area contributed by atoms with Crippen LogP contribution in [0.1, 0.15) is 24.4 Å². The number of nitrogens with one attached hydrogen (secondary N) is 1. The number of likely N-dealkylation sites (tertiary alicyclic amines) is 1. The zero-order valence-corrected chi connectivity index (χ0v) is 13.3. The second-order valence-electron chi connectivity index (χ2n) is 5.51. The van der Waals surface area contributed by atoms with Crippen LogP contribution in [0, 0.1) is 10.1 Å². The predicted octanol–water partition coefficient (Wildman–Crippen LogP) is 3.43. The van der Waals surface area contributed by atoms with E-state index in [1.165, 1.54) is 11.6 Å². The smallest absolute Gasteiger partial charge is 0.292 e. The average Bonchev–Trinajstić information content (AvgIpc) is 3.18. The summed E-state index contributed by atoms with van der Waals surface area (Å²) in [6.45, 7) is 1.11. The number of para-hydroxylation sites is 2. The quantitative estimate of drug-likeness (QED) is 0.673. The molecule has 1 N–H and O–H groups in total. The van der Waals surface area contributed by atoms with Gasteiger partial charge in [-0.05, 0) is 47.8 Å². The van der Waals surface area contributed by atoms with Crippen LogP contribution in [0.4, 0.5) is 11.4 Å². The standard InChI is InChI=1S/C16H17N3O3S/c20-16(17-13-4-1-2-5-15(13)19(21)22)10-18-8-3-6-14(18)12-7-9-23-11-12/h1-2,4-5,7,9,11,14H,3,6,8,10H2,(H,17,20)/t14-/m0/s1. The number of rotatable bonds is 5. The molecule has 3 rings (SSSR count). The zero-order chi connectivity index (χ0) is 16.2. The summed E-state index contributed by atoms with van der Waals surface area (Å²) in [7, 11) is 0. The van der Waals surface area contributed by atoms with Crippen LogP contribution in [0.3, 0.4) is 0 Å². The van der Waals surface area contributed by atoms with Crippen molar-refractivity contribution in [2.75, 3.05) is 18.4 Å². The molecule has 0 unspecified atom stereocenters. The minimum Gasteiger partial charge on any atom is -0.319 e. The molecule has 1 saturated heterocycles. The molecule has 1 aliphatic rings. The molecule has 120 valence electrons. The fourth-order valence-electron chi connectivity index (χ4n) is 2.97. The normalized spacial score (nSPS) is 18.0. The van der Waals surface area contributed by atoms with Gasteiger partial charge in [0.25, 0.3) is 5.69 Å². The number of hydrogen-bond donors (Lipinski definition) is 1. The molecule has 2 heterocycles. The monoisotopic (exact) mass is 331 g/mol. The number of hydrogen-bond acceptors (Lipinski definition) is 5. The van der Waals surface area contributed by atoms with Crippen LogP contribution in [0.5, 0.6) is 0 Å². The molecule has 1 aliphatic heterocycles. The fraction of sp³-hybridized carbons (Fsp3) is 0.312. The highest BCUT2D eigenvalue weighted by Crippen LogP contribution is 2.32. The minimum absolute atomic E-state index is 0.0864. The lowest BCUT2D eigenvalue weighted by Crippen LogP contribution is -2.32. The Balaban J connectivity index is 1.67. The second-order valence-corrected chi connectivity index (χ2v) is 6.29. The topological polar surface area (TPSA) is 75.5 Å². The first-order valence-corrected chi connectivity index (χ1v) is 8.39. The van der Waals surface area contributed by atoms with Gasteiger partial charge in [-0.2, -0.15) is 11.3 Å². The molecule has 1 atom stereocenters. The SMILES string of the molecule is O=C(CN1CCC[C@H]1c1ccsc1)Nc1ccccc1[N+](=O)[O-]. The third-order valence-electron chi connectivity index (χ3n) is 4.01. The van der Waals surface area contributed by atoms with Crippen LogP contribution >= 0.6 is 11.3 Å². The number of anilines is 1. The first kappa shape index (κ1) is 15.6. The van der Waals surface area contributed by atoms with Gasteiger partial charge < -0.3 is 5.32 Å². The first-order chi connectivity index (χ1) is 11.1. The maximum absolute atomic E-state index is 12.3. The van der Waals surface area contributed by atoms with Gasteiger partial charge in [0, 0.05) is 12.1 Å². The van der Waals surface area contributed by atoms with Crippen LogP contribution in [-0.4, -0.2) is 28.8 Å². The van der Waals surface area contributed by atoms with Gasteiger partial charge in [0.15, 0.2) is 0 Å². The van der Waals surface area contributed by atoms with Crippen LogP contribution < -0.4 is 5.32 Å². The van der Waals surface area contributed by atoms with Crippen molar-refractivity contribution in [3.05, 3.63) is 56.8 Å². The van der Waals surface area contributed by atoms with Crippen LogP contribution in [0.25, 0.3) is 0 Å². The molecular formula is C16H17N3O3S. The Morgan fingerprint density at radius 3 is 2.96 bits per heavy atom. The molecule has 6 nitrogen and oxygen atoms in total. The molecule has 1 fully saturated rings. The van der Waals surface area contributed by atoms with Crippen LogP contribution in [0.15, 0.2) is 41.1 Å². The Hall–Kier alpha value is -2.25. The highest BCUT2D eigenvalue weighted by molar-refractivity contribution is 7.07. The van der Waals surface area contributed by atoms with Gasteiger partial charge in [-0.15, -0.1) is 0 Å². The summed E-state index contributed by atoms with van der Waals surface area (Å²) in [5, 5.41) is 17.8. The summed E-state index contributed by atoms with van der Waals surface area (Å²) in [5.41, 5.74) is 1.40. The third-order valence-corrected chi connectivity index (χ3v) is 4.71. The van der Waals surface area contributed by atoms with Gasteiger partial charge in [-0.25, -0.2) is 0 Å². The van der Waals surface area contributed by atoms with E-state index in [0.29, 0.717) is 0 Å². The van der Waals surface area contributed by atoms with Crippen LogP contribution in [-0.2, 0) is 4.79 Å². The minimum atomic E-state index is -0.486. The molecule has 2 aromatic rings. The molecule has 0 aliphatic carbocycles. The molecule has 7 heteroatoms. The third kappa shape index (κ3) is 3.57. The Labute approximate surface area is 137 Å². The van der Waals surface area contributed by atoms with E-state index in [9.17, 15) is 14.9 Å². The van der Waals surface area contributed by atoms with Gasteiger partial charge in [0.1, 0.15) is 5.69 Å². The summed E-state index contributed by atoms with van der Waals surface area (Å²) >= 11 is 1.65. The van der Waals surface area contributed by atoms with Crippen molar-refractivity contribution >= 4 is 28.6 Å². The Morgan fingerprint density at radius 1 is 1.39 bits per heavy atom. The van der Waals surface area contributed by atoms with E-state index in [0.717, 1.165) is 19.4 Å². The molecule has 0 saturated carbocycles. The van der Waals surface area contributed by atoms with Gasteiger partial charge in [0.2, 0.25) is 5.91 Å². The number of thiophene rings is 1. The largest absolute Gasteiger partial charge is 0.319 e. The molecule has 0 spiro atoms. The molecule has 0 bridgehead atoms. The number of nitro groups is 1. The van der Waals surface area contributed by atoms with Gasteiger partial charge in [-0.3, -0.25) is 19.8 Å². The highest BCUT2D eigenvalue weighted by atomic mass is 32.1. The van der Waals surface area contributed by atoms with Crippen molar-refractivity contribution in [2.24, 2.45) is 0 Å². The van der Waals surface area contributed by atoms with Crippen molar-refractivity contribution in [1.82, 2.24) is 4.90 Å². The fourth-order valence-corrected chi connectivity index (χ4v) is 3.68. The van der Waals surface area contributed by atoms with Crippen molar-refractivity contribution < 1.29 is 9.72 Å². The van der Waals surface area contributed by atoms with Crippen molar-refractivity contribution in [3.8, 4) is 0 Å². The predicted molar refractivity (Wildman–Crippen MR) is 89.6 cm³/mol. The molecule has 23 heavy (non-hydrogen) atoms. The summed E-state index contributed by atoms with van der Waals surface area (Å²) in [4.78, 5) is 24.9. The number of nitrogens with zero attached hydrogens (tertiary/aromatic N) is 2. The summed E-state index contributed by atoms with van der Waals surface area (Å²) < 4.78 is 0. The molecular weight excluding hydrogens is 314 g/mol. The van der Waals surface area contributed by atoms with E-state index in [2.05, 4.69) is 21.7 Å². The van der Waals surface area contributed by atoms with E-state index in [1.807, 2.05) is 5.38 Å². The Morgan fingerprint density at radius 2 is 2.22 bits per heavy atom. The highest BCUT2D eigenvalue weighted by Gasteiger charge is 2.28. The molecule has 0 radical (unpaired) electrons. The number of carbonyl (C=O) groups excluding carboxylic acids is 1. The lowest BCUT2D eigenvalue weighted by atomic mass is 10.1. The number of benzene rings is 1. The maximum Gasteiger partial charge on any atom is 0.292 e. The summed E-state index contributed by atoms with van der Waals surface area (Å²) in [6.07, 6.45) is 2.09. The molecule has 1 amide bonds. The van der Waals surface area contributed by atoms with E-state index in [1.54, 1.807) is 29.5 Å². The Bertz CT molecular complexity index is 702. The number of amides is 1. The van der Waals surface area contributed by atoms with E-state index in [4.69, 9.17) is 0 Å². The van der Waals surface area contributed by atoms with E-state index in [-0.39, 0.29) is 29.9 Å². The van der Waals surface area contributed by atoms with Gasteiger partial charge in [0.05, 0.1) is 11.5 Å². The molecule has 1 aromatic heterocycles. The van der Waals surface area contributed by atoms with Crippen LogP contribution in [0.2, 0.25) is 0 Å². The van der Waals surface area contributed by atoms with Gasteiger partial charge in [-0.1, -0.05) is 12.1 Å². The summed E-state index contributed by atoms with van der Waals surface area (Å²) in [6, 6.07) is 8.55. The second kappa shape index (κ2) is 6.89. The van der Waals surface area contributed by atoms with E-state index >= 15 is 0 Å². The van der Waals surface area contributed by atoms with Gasteiger partial charge >= 0.3 is 0 Å². The lowest BCUT2D eigenvalue weighted by Gasteiger charge is -2.23. The maximum atomic E-state index is 12.3. The lowest BCUT2D eigenvalue weighted by molar-refractivity contribution is -0.383. The molecule has 1 aromatic carbocycles. The van der Waals surface area contributed by atoms with Crippen molar-refractivity contribution in [1.29, 1.82) is 0 Å². The Kier molecular flexibility index (Phi) is 4.68. The first-order valence-electron chi connectivity index (χ1n) is 7.44. The van der Waals surface area contributed by atoms with E-state index < -0.39 is 4.92 Å². The van der Waals surface area contributed by atoms with Crippen molar-refractivity contribution in [2.45, 2.75) is 18.9 Å². The van der Waals surface area contributed by atoms with Crippen molar-refractivity contribution in [3.63, 3.8) is 0 Å².